The molecule has 0 aliphatic carbocycles. The average Bonchev–Trinajstić information content (AvgIpc) is 2.48. The van der Waals surface area contributed by atoms with Crippen molar-refractivity contribution in [1.82, 2.24) is 5.32 Å². The number of carbonyl (C=O) groups is 1. The van der Waals surface area contributed by atoms with Crippen LogP contribution in [0.1, 0.15) is 25.7 Å². The van der Waals surface area contributed by atoms with Crippen molar-refractivity contribution in [3.63, 3.8) is 0 Å². The highest BCUT2D eigenvalue weighted by atomic mass is 79.9. The molecule has 1 aromatic rings. The van der Waals surface area contributed by atoms with E-state index in [2.05, 4.69) is 26.6 Å². The van der Waals surface area contributed by atoms with Gasteiger partial charge in [0.2, 0.25) is 5.91 Å². The normalized spacial score (nSPS) is 15.1. The summed E-state index contributed by atoms with van der Waals surface area (Å²) in [6, 6.07) is 5.56. The number of benzene rings is 1. The average molecular weight is 378 g/mol. The lowest BCUT2D eigenvalue weighted by Crippen LogP contribution is -2.28. The summed E-state index contributed by atoms with van der Waals surface area (Å²) in [6.45, 7) is 2.15. The van der Waals surface area contributed by atoms with E-state index in [1.807, 2.05) is 18.2 Å². The summed E-state index contributed by atoms with van der Waals surface area (Å²) < 4.78 is 6.04. The van der Waals surface area contributed by atoms with E-state index in [0.717, 1.165) is 35.4 Å². The molecule has 21 heavy (non-hydrogen) atoms. The first-order chi connectivity index (χ1) is 9.69. The topological polar surface area (TPSA) is 50.4 Å². The fourth-order valence-corrected chi connectivity index (χ4v) is 2.79. The first-order valence-corrected chi connectivity index (χ1v) is 7.82. The first kappa shape index (κ1) is 18.3. The second-order valence-corrected chi connectivity index (χ2v) is 5.98. The smallest absolute Gasteiger partial charge is 0.224 e. The molecular formula is C15H22BrClN2O2. The van der Waals surface area contributed by atoms with Crippen LogP contribution >= 0.6 is 28.3 Å². The minimum absolute atomic E-state index is 0. The monoisotopic (exact) mass is 376 g/mol. The van der Waals surface area contributed by atoms with Crippen molar-refractivity contribution in [2.45, 2.75) is 25.7 Å². The zero-order chi connectivity index (χ0) is 14.4. The Bertz CT molecular complexity index is 465. The molecule has 1 heterocycles. The molecule has 1 aliphatic rings. The zero-order valence-electron chi connectivity index (χ0n) is 12.2. The third-order valence-corrected chi connectivity index (χ3v) is 4.38. The van der Waals surface area contributed by atoms with Crippen LogP contribution in [-0.2, 0) is 4.79 Å². The van der Waals surface area contributed by atoms with E-state index in [1.165, 1.54) is 12.8 Å². The summed E-state index contributed by atoms with van der Waals surface area (Å²) in [5.41, 5.74) is 0.764. The van der Waals surface area contributed by atoms with Crippen molar-refractivity contribution < 1.29 is 9.53 Å². The molecule has 6 heteroatoms. The van der Waals surface area contributed by atoms with Gasteiger partial charge < -0.3 is 15.4 Å². The summed E-state index contributed by atoms with van der Waals surface area (Å²) in [5.74, 6) is 1.48. The highest BCUT2D eigenvalue weighted by molar-refractivity contribution is 9.10. The number of halogens is 2. The second kappa shape index (κ2) is 9.28. The van der Waals surface area contributed by atoms with Gasteiger partial charge in [0, 0.05) is 17.0 Å². The van der Waals surface area contributed by atoms with Crippen LogP contribution in [0.5, 0.6) is 5.75 Å². The van der Waals surface area contributed by atoms with Gasteiger partial charge in [0.1, 0.15) is 5.75 Å². The van der Waals surface area contributed by atoms with Gasteiger partial charge in [-0.25, -0.2) is 0 Å². The maximum atomic E-state index is 12.0. The van der Waals surface area contributed by atoms with Gasteiger partial charge in [0.25, 0.3) is 0 Å². The molecule has 1 saturated heterocycles. The molecule has 0 unspecified atom stereocenters. The molecule has 118 valence electrons. The van der Waals surface area contributed by atoms with Gasteiger partial charge in [-0.1, -0.05) is 0 Å². The van der Waals surface area contributed by atoms with Crippen molar-refractivity contribution in [2.24, 2.45) is 5.92 Å². The number of hydrogen-bond donors (Lipinski definition) is 2. The van der Waals surface area contributed by atoms with E-state index in [-0.39, 0.29) is 18.3 Å². The van der Waals surface area contributed by atoms with Crippen LogP contribution in [0.2, 0.25) is 0 Å². The van der Waals surface area contributed by atoms with Crippen LogP contribution in [0.25, 0.3) is 0 Å². The Kier molecular flexibility index (Phi) is 8.07. The lowest BCUT2D eigenvalue weighted by molar-refractivity contribution is -0.116. The Morgan fingerprint density at radius 2 is 2.14 bits per heavy atom. The zero-order valence-corrected chi connectivity index (χ0v) is 14.6. The van der Waals surface area contributed by atoms with E-state index in [4.69, 9.17) is 4.74 Å². The van der Waals surface area contributed by atoms with Crippen LogP contribution in [0, 0.1) is 5.92 Å². The summed E-state index contributed by atoms with van der Waals surface area (Å²) >= 11 is 3.44. The van der Waals surface area contributed by atoms with E-state index < -0.39 is 0 Å². The van der Waals surface area contributed by atoms with Crippen LogP contribution < -0.4 is 15.4 Å². The van der Waals surface area contributed by atoms with Crippen molar-refractivity contribution in [2.75, 3.05) is 25.5 Å². The maximum absolute atomic E-state index is 12.0. The van der Waals surface area contributed by atoms with E-state index in [0.29, 0.717) is 12.3 Å². The molecule has 2 rings (SSSR count). The van der Waals surface area contributed by atoms with E-state index in [9.17, 15) is 4.79 Å². The molecule has 1 aromatic carbocycles. The molecule has 4 nitrogen and oxygen atoms in total. The van der Waals surface area contributed by atoms with Gasteiger partial charge in [-0.3, -0.25) is 4.79 Å². The fourth-order valence-electron chi connectivity index (χ4n) is 2.45. The van der Waals surface area contributed by atoms with Gasteiger partial charge in [0.15, 0.2) is 0 Å². The van der Waals surface area contributed by atoms with Crippen molar-refractivity contribution in [1.29, 1.82) is 0 Å². The predicted octanol–water partition coefficient (Wildman–Crippen LogP) is 3.60. The molecule has 0 aromatic heterocycles. The van der Waals surface area contributed by atoms with E-state index >= 15 is 0 Å². The Morgan fingerprint density at radius 1 is 1.43 bits per heavy atom. The number of piperidine rings is 1. The number of carbonyl (C=O) groups excluding carboxylic acids is 1. The lowest BCUT2D eigenvalue weighted by atomic mass is 9.93. The highest BCUT2D eigenvalue weighted by Gasteiger charge is 2.15. The number of amides is 1. The summed E-state index contributed by atoms with van der Waals surface area (Å²) in [5, 5.41) is 6.28. The minimum Gasteiger partial charge on any atom is -0.497 e. The number of rotatable bonds is 5. The Hall–Kier alpha value is -0.780. The van der Waals surface area contributed by atoms with Crippen LogP contribution in [-0.4, -0.2) is 26.1 Å². The predicted molar refractivity (Wildman–Crippen MR) is 91.4 cm³/mol. The molecule has 0 saturated carbocycles. The largest absolute Gasteiger partial charge is 0.497 e. The van der Waals surface area contributed by atoms with E-state index in [1.54, 1.807) is 7.11 Å². The minimum atomic E-state index is 0. The van der Waals surface area contributed by atoms with Crippen LogP contribution in [0.3, 0.4) is 0 Å². The molecule has 0 spiro atoms. The van der Waals surface area contributed by atoms with Crippen molar-refractivity contribution in [3.05, 3.63) is 22.7 Å². The molecular weight excluding hydrogens is 356 g/mol. The molecule has 2 N–H and O–H groups in total. The van der Waals surface area contributed by atoms with Crippen molar-refractivity contribution >= 4 is 39.9 Å². The second-order valence-electron chi connectivity index (χ2n) is 5.13. The summed E-state index contributed by atoms with van der Waals surface area (Å²) in [6.07, 6.45) is 3.90. The summed E-state index contributed by atoms with van der Waals surface area (Å²) in [4.78, 5) is 12.0. The molecule has 1 aliphatic heterocycles. The maximum Gasteiger partial charge on any atom is 0.224 e. The molecule has 0 radical (unpaired) electrons. The Morgan fingerprint density at radius 3 is 2.81 bits per heavy atom. The first-order valence-electron chi connectivity index (χ1n) is 7.03. The summed E-state index contributed by atoms with van der Waals surface area (Å²) in [7, 11) is 1.62. The number of anilines is 1. The van der Waals surface area contributed by atoms with Gasteiger partial charge in [0.05, 0.1) is 12.8 Å². The molecule has 0 bridgehead atoms. The van der Waals surface area contributed by atoms with Gasteiger partial charge >= 0.3 is 0 Å². The SMILES string of the molecule is COc1ccc(Br)c(NC(=O)CCC2CCNCC2)c1.Cl. The number of ether oxygens (including phenoxy) is 1. The van der Waals surface area contributed by atoms with Gasteiger partial charge in [-0.05, 0) is 66.3 Å². The number of methoxy groups -OCH3 is 1. The van der Waals surface area contributed by atoms with Crippen LogP contribution in [0.15, 0.2) is 22.7 Å². The molecule has 0 atom stereocenters. The molecule has 1 amide bonds. The van der Waals surface area contributed by atoms with Gasteiger partial charge in [-0.15, -0.1) is 12.4 Å². The number of hydrogen-bond acceptors (Lipinski definition) is 3. The fraction of sp³-hybridized carbons (Fsp3) is 0.533. The standard InChI is InChI=1S/C15H21BrN2O2.ClH/c1-20-12-3-4-13(16)14(10-12)18-15(19)5-2-11-6-8-17-9-7-11;/h3-4,10-11,17H,2,5-9H2,1H3,(H,18,19);1H. The quantitative estimate of drug-likeness (QED) is 0.824. The van der Waals surface area contributed by atoms with Gasteiger partial charge in [-0.2, -0.15) is 0 Å². The third kappa shape index (κ3) is 5.85. The highest BCUT2D eigenvalue weighted by Crippen LogP contribution is 2.27. The Labute approximate surface area is 140 Å². The van der Waals surface area contributed by atoms with Crippen LogP contribution in [0.4, 0.5) is 5.69 Å². The number of nitrogens with one attached hydrogen (secondary N) is 2. The Balaban J connectivity index is 0.00000220. The lowest BCUT2D eigenvalue weighted by Gasteiger charge is -2.22. The van der Waals surface area contributed by atoms with Crippen molar-refractivity contribution in [3.8, 4) is 5.75 Å². The molecule has 1 fully saturated rings. The third-order valence-electron chi connectivity index (χ3n) is 3.69.